The highest BCUT2D eigenvalue weighted by molar-refractivity contribution is 9.10. The number of benzene rings is 1. The highest BCUT2D eigenvalue weighted by Crippen LogP contribution is 2.25. The monoisotopic (exact) mass is 363 g/mol. The van der Waals surface area contributed by atoms with Gasteiger partial charge >= 0.3 is 6.61 Å². The van der Waals surface area contributed by atoms with Gasteiger partial charge in [0.15, 0.2) is 0 Å². The number of ether oxygens (including phenoxy) is 1. The van der Waals surface area contributed by atoms with Gasteiger partial charge in [0.1, 0.15) is 5.75 Å². The minimum atomic E-state index is -2.79. The van der Waals surface area contributed by atoms with Gasteiger partial charge in [0.25, 0.3) is 0 Å². The predicted octanol–water partition coefficient (Wildman–Crippen LogP) is 5.50. The molecule has 2 nitrogen and oxygen atoms in total. The van der Waals surface area contributed by atoms with Crippen LogP contribution < -0.4 is 10.1 Å². The predicted molar refractivity (Wildman–Crippen MR) is 85.8 cm³/mol. The number of alkyl halides is 2. The molecule has 0 radical (unpaired) electrons. The molecule has 0 spiro atoms. The van der Waals surface area contributed by atoms with Crippen LogP contribution in [0.1, 0.15) is 51.5 Å². The van der Waals surface area contributed by atoms with Gasteiger partial charge in [0.05, 0.1) is 0 Å². The maximum atomic E-state index is 12.4. The first kappa shape index (κ1) is 18.4. The third-order valence-corrected chi connectivity index (χ3v) is 3.86. The molecule has 21 heavy (non-hydrogen) atoms. The Kier molecular flexibility index (Phi) is 8.85. The van der Waals surface area contributed by atoms with Crippen molar-refractivity contribution in [1.29, 1.82) is 0 Å². The fourth-order valence-electron chi connectivity index (χ4n) is 2.30. The van der Waals surface area contributed by atoms with Gasteiger partial charge in [-0.15, -0.1) is 0 Å². The van der Waals surface area contributed by atoms with Crippen LogP contribution in [0.25, 0.3) is 0 Å². The average molecular weight is 364 g/mol. The quantitative estimate of drug-likeness (QED) is 0.592. The van der Waals surface area contributed by atoms with Crippen molar-refractivity contribution in [3.05, 3.63) is 28.2 Å². The molecule has 1 aromatic rings. The average Bonchev–Trinajstić information content (AvgIpc) is 2.44. The first-order valence-electron chi connectivity index (χ1n) is 7.53. The Labute approximate surface area is 134 Å². The van der Waals surface area contributed by atoms with E-state index in [1.807, 2.05) is 6.07 Å². The molecule has 0 aromatic heterocycles. The molecule has 0 aliphatic rings. The summed E-state index contributed by atoms with van der Waals surface area (Å²) in [6, 6.07) is 5.54. The summed E-state index contributed by atoms with van der Waals surface area (Å²) in [4.78, 5) is 0. The summed E-state index contributed by atoms with van der Waals surface area (Å²) in [5.41, 5.74) is 0.752. The highest BCUT2D eigenvalue weighted by Gasteiger charge is 2.12. The van der Waals surface area contributed by atoms with E-state index in [1.54, 1.807) is 12.1 Å². The first-order valence-corrected chi connectivity index (χ1v) is 8.32. The van der Waals surface area contributed by atoms with Gasteiger partial charge in [-0.05, 0) is 31.0 Å². The van der Waals surface area contributed by atoms with Crippen molar-refractivity contribution in [1.82, 2.24) is 5.32 Å². The summed E-state index contributed by atoms with van der Waals surface area (Å²) in [6.07, 6.45) is 5.66. The highest BCUT2D eigenvalue weighted by atomic mass is 79.9. The number of unbranched alkanes of at least 4 members (excludes halogenated alkanes) is 1. The van der Waals surface area contributed by atoms with Crippen LogP contribution in [-0.4, -0.2) is 12.7 Å². The van der Waals surface area contributed by atoms with E-state index in [-0.39, 0.29) is 5.75 Å². The molecule has 1 atom stereocenters. The Morgan fingerprint density at radius 2 is 1.95 bits per heavy atom. The first-order chi connectivity index (χ1) is 10.1. The van der Waals surface area contributed by atoms with E-state index in [4.69, 9.17) is 0 Å². The zero-order valence-corrected chi connectivity index (χ0v) is 14.3. The van der Waals surface area contributed by atoms with Crippen molar-refractivity contribution in [3.63, 3.8) is 0 Å². The molecule has 0 saturated carbocycles. The summed E-state index contributed by atoms with van der Waals surface area (Å²) < 4.78 is 30.3. The molecule has 0 aliphatic heterocycles. The Balaban J connectivity index is 2.68. The van der Waals surface area contributed by atoms with Crippen LogP contribution in [0, 0.1) is 0 Å². The Morgan fingerprint density at radius 3 is 2.57 bits per heavy atom. The smallest absolute Gasteiger partial charge is 0.387 e. The van der Waals surface area contributed by atoms with Crippen LogP contribution in [0.15, 0.2) is 22.7 Å². The zero-order valence-electron chi connectivity index (χ0n) is 12.7. The van der Waals surface area contributed by atoms with Gasteiger partial charge in [0.2, 0.25) is 0 Å². The largest absolute Gasteiger partial charge is 0.434 e. The zero-order chi connectivity index (χ0) is 15.7. The maximum Gasteiger partial charge on any atom is 0.387 e. The fraction of sp³-hybridized carbons (Fsp3) is 0.625. The van der Waals surface area contributed by atoms with Crippen LogP contribution in [0.2, 0.25) is 0 Å². The van der Waals surface area contributed by atoms with Gasteiger partial charge in [-0.25, -0.2) is 0 Å². The molecule has 0 heterocycles. The van der Waals surface area contributed by atoms with Gasteiger partial charge in [-0.1, -0.05) is 49.0 Å². The second-order valence-electron chi connectivity index (χ2n) is 5.14. The standard InChI is InChI=1S/C16H24BrF2NO/c1-3-5-7-14(6-4-2)20-11-12-10-13(17)8-9-15(12)21-16(18)19/h8-10,14,16,20H,3-7,11H2,1-2H3. The molecule has 1 aromatic carbocycles. The fourth-order valence-corrected chi connectivity index (χ4v) is 2.71. The summed E-state index contributed by atoms with van der Waals surface area (Å²) >= 11 is 3.37. The summed E-state index contributed by atoms with van der Waals surface area (Å²) in [5.74, 6) is 0.242. The van der Waals surface area contributed by atoms with Gasteiger partial charge in [-0.2, -0.15) is 8.78 Å². The second kappa shape index (κ2) is 10.1. The summed E-state index contributed by atoms with van der Waals surface area (Å²) in [6.45, 7) is 2.07. The molecule has 1 unspecified atom stereocenters. The molecule has 0 saturated heterocycles. The third-order valence-electron chi connectivity index (χ3n) is 3.36. The van der Waals surface area contributed by atoms with Gasteiger partial charge in [0, 0.05) is 22.6 Å². The lowest BCUT2D eigenvalue weighted by molar-refractivity contribution is -0.0505. The number of halogens is 3. The van der Waals surface area contributed by atoms with Crippen molar-refractivity contribution < 1.29 is 13.5 Å². The lowest BCUT2D eigenvalue weighted by atomic mass is 10.0. The van der Waals surface area contributed by atoms with Crippen molar-refractivity contribution >= 4 is 15.9 Å². The number of hydrogen-bond donors (Lipinski definition) is 1. The van der Waals surface area contributed by atoms with E-state index < -0.39 is 6.61 Å². The van der Waals surface area contributed by atoms with E-state index in [2.05, 4.69) is 39.8 Å². The van der Waals surface area contributed by atoms with Gasteiger partial charge in [-0.3, -0.25) is 0 Å². The van der Waals surface area contributed by atoms with Crippen molar-refractivity contribution in [2.24, 2.45) is 0 Å². The van der Waals surface area contributed by atoms with Gasteiger partial charge < -0.3 is 10.1 Å². The topological polar surface area (TPSA) is 21.3 Å². The Hall–Kier alpha value is -0.680. The third kappa shape index (κ3) is 7.23. The van der Waals surface area contributed by atoms with Crippen LogP contribution in [-0.2, 0) is 6.54 Å². The number of hydrogen-bond acceptors (Lipinski definition) is 2. The molecule has 0 aliphatic carbocycles. The number of rotatable bonds is 10. The molecule has 5 heteroatoms. The van der Waals surface area contributed by atoms with Crippen LogP contribution in [0.5, 0.6) is 5.75 Å². The molecular formula is C16H24BrF2NO. The summed E-state index contributed by atoms with van der Waals surface area (Å²) in [5, 5.41) is 3.47. The van der Waals surface area contributed by atoms with Crippen LogP contribution in [0.3, 0.4) is 0 Å². The molecule has 0 bridgehead atoms. The van der Waals surface area contributed by atoms with Crippen LogP contribution in [0.4, 0.5) is 8.78 Å². The lowest BCUT2D eigenvalue weighted by Crippen LogP contribution is -2.28. The SMILES string of the molecule is CCCCC(CCC)NCc1cc(Br)ccc1OC(F)F. The minimum Gasteiger partial charge on any atom is -0.434 e. The van der Waals surface area contributed by atoms with Crippen molar-refractivity contribution in [2.75, 3.05) is 0 Å². The van der Waals surface area contributed by atoms with Crippen molar-refractivity contribution in [2.45, 2.75) is 65.1 Å². The molecule has 120 valence electrons. The molecule has 1 rings (SSSR count). The molecular weight excluding hydrogens is 340 g/mol. The van der Waals surface area contributed by atoms with E-state index in [0.29, 0.717) is 12.6 Å². The van der Waals surface area contributed by atoms with E-state index >= 15 is 0 Å². The molecule has 1 N–H and O–H groups in total. The van der Waals surface area contributed by atoms with E-state index in [9.17, 15) is 8.78 Å². The normalized spacial score (nSPS) is 12.7. The van der Waals surface area contributed by atoms with Crippen molar-refractivity contribution in [3.8, 4) is 5.75 Å². The molecule has 0 fully saturated rings. The van der Waals surface area contributed by atoms with E-state index in [1.165, 1.54) is 12.8 Å². The summed E-state index contributed by atoms with van der Waals surface area (Å²) in [7, 11) is 0. The lowest BCUT2D eigenvalue weighted by Gasteiger charge is -2.19. The van der Waals surface area contributed by atoms with Crippen LogP contribution >= 0.6 is 15.9 Å². The molecule has 0 amide bonds. The second-order valence-corrected chi connectivity index (χ2v) is 6.05. The number of nitrogens with one attached hydrogen (secondary N) is 1. The minimum absolute atomic E-state index is 0.242. The Morgan fingerprint density at radius 1 is 1.19 bits per heavy atom. The Bertz CT molecular complexity index is 415. The van der Waals surface area contributed by atoms with E-state index in [0.717, 1.165) is 29.3 Å². The maximum absolute atomic E-state index is 12.4.